The molecule has 0 saturated carbocycles. The molecule has 0 radical (unpaired) electrons. The molecular weight excluding hydrogens is 516 g/mol. The molecule has 1 atom stereocenters. The maximum atomic E-state index is 13.7. The highest BCUT2D eigenvalue weighted by molar-refractivity contribution is 6.31. The molecule has 2 N–H and O–H groups in total. The third-order valence-electron chi connectivity index (χ3n) is 6.82. The lowest BCUT2D eigenvalue weighted by atomic mass is 9.96. The molecule has 0 spiro atoms. The third-order valence-corrected chi connectivity index (χ3v) is 7.05. The summed E-state index contributed by atoms with van der Waals surface area (Å²) in [7, 11) is 1.48. The van der Waals surface area contributed by atoms with Gasteiger partial charge in [-0.15, -0.1) is 0 Å². The number of anilines is 1. The van der Waals surface area contributed by atoms with Crippen molar-refractivity contribution in [3.8, 4) is 16.9 Å². The van der Waals surface area contributed by atoms with Gasteiger partial charge in [0.2, 0.25) is 5.91 Å². The van der Waals surface area contributed by atoms with Crippen LogP contribution in [0, 0.1) is 0 Å². The number of hydrogen-bond acceptors (Lipinski definition) is 5. The smallest absolute Gasteiger partial charge is 0.252 e. The SMILES string of the molecule is COc1cn(C(CC2=CC=CCC2)C(=O)Nc2ccc3cn[nH]c3c2)c(=O)cc1-c1cc(Cl)ccc1C(C)=O. The van der Waals surface area contributed by atoms with Crippen molar-refractivity contribution in [3.05, 3.63) is 99.6 Å². The number of hydrogen-bond donors (Lipinski definition) is 2. The van der Waals surface area contributed by atoms with Gasteiger partial charge in [-0.1, -0.05) is 35.4 Å². The summed E-state index contributed by atoms with van der Waals surface area (Å²) in [5, 5.41) is 11.2. The van der Waals surface area contributed by atoms with Crippen LogP contribution >= 0.6 is 11.6 Å². The molecule has 5 rings (SSSR count). The van der Waals surface area contributed by atoms with Gasteiger partial charge in [0.15, 0.2) is 5.78 Å². The molecule has 2 aromatic carbocycles. The van der Waals surface area contributed by atoms with E-state index in [2.05, 4.69) is 21.6 Å². The predicted molar refractivity (Wildman–Crippen MR) is 153 cm³/mol. The van der Waals surface area contributed by atoms with Crippen LogP contribution in [0.1, 0.15) is 42.6 Å². The number of rotatable bonds is 8. The third kappa shape index (κ3) is 5.56. The van der Waals surface area contributed by atoms with Crippen LogP contribution in [0.15, 0.2) is 83.5 Å². The quantitative estimate of drug-likeness (QED) is 0.262. The highest BCUT2D eigenvalue weighted by Crippen LogP contribution is 2.35. The standard InChI is InChI=1S/C30H27ClN4O4/c1-18(36)23-11-9-21(31)13-24(23)25-15-29(37)35(17-28(25)39-2)27(12-19-6-4-3-5-7-19)30(38)33-22-10-8-20-16-32-34-26(20)14-22/h3-4,6,8-11,13-17,27H,5,7,12H2,1-2H3,(H,32,34)(H,33,38). The first-order chi connectivity index (χ1) is 18.8. The van der Waals surface area contributed by atoms with Crippen LogP contribution in [-0.2, 0) is 4.79 Å². The van der Waals surface area contributed by atoms with Crippen molar-refractivity contribution >= 4 is 39.9 Å². The van der Waals surface area contributed by atoms with Gasteiger partial charge in [-0.3, -0.25) is 24.0 Å². The van der Waals surface area contributed by atoms with E-state index < -0.39 is 11.6 Å². The van der Waals surface area contributed by atoms with Crippen molar-refractivity contribution in [2.75, 3.05) is 12.4 Å². The van der Waals surface area contributed by atoms with Crippen LogP contribution in [0.2, 0.25) is 5.02 Å². The van der Waals surface area contributed by atoms with E-state index in [-0.39, 0.29) is 11.7 Å². The number of Topliss-reactive ketones (excluding diaryl/α,β-unsaturated/α-hetero) is 1. The summed E-state index contributed by atoms with van der Waals surface area (Å²) >= 11 is 6.24. The zero-order chi connectivity index (χ0) is 27.5. The summed E-state index contributed by atoms with van der Waals surface area (Å²) in [5.74, 6) is -0.168. The first-order valence-electron chi connectivity index (χ1n) is 12.5. The number of aromatic amines is 1. The molecule has 2 heterocycles. The van der Waals surface area contributed by atoms with E-state index in [9.17, 15) is 14.4 Å². The van der Waals surface area contributed by atoms with Gasteiger partial charge in [0, 0.05) is 33.3 Å². The molecule has 1 amide bonds. The molecule has 1 aliphatic carbocycles. The normalized spacial score (nSPS) is 13.7. The van der Waals surface area contributed by atoms with Gasteiger partial charge in [-0.05, 0) is 68.1 Å². The number of ketones is 1. The summed E-state index contributed by atoms with van der Waals surface area (Å²) in [6.07, 6.45) is 11.3. The molecule has 1 unspecified atom stereocenters. The molecule has 0 fully saturated rings. The van der Waals surface area contributed by atoms with E-state index in [0.29, 0.717) is 39.6 Å². The summed E-state index contributed by atoms with van der Waals surface area (Å²) in [4.78, 5) is 39.6. The van der Waals surface area contributed by atoms with Crippen LogP contribution in [0.3, 0.4) is 0 Å². The molecular formula is C30H27ClN4O4. The number of H-pyrrole nitrogens is 1. The van der Waals surface area contributed by atoms with Gasteiger partial charge in [-0.25, -0.2) is 0 Å². The number of amides is 1. The number of carbonyl (C=O) groups is 2. The van der Waals surface area contributed by atoms with Gasteiger partial charge in [0.1, 0.15) is 11.8 Å². The fraction of sp³-hybridized carbons (Fsp3) is 0.200. The zero-order valence-electron chi connectivity index (χ0n) is 21.5. The van der Waals surface area contributed by atoms with Crippen molar-refractivity contribution in [1.82, 2.24) is 14.8 Å². The Morgan fingerprint density at radius 1 is 1.18 bits per heavy atom. The van der Waals surface area contributed by atoms with Crippen LogP contribution in [0.5, 0.6) is 5.75 Å². The molecule has 2 aromatic heterocycles. The zero-order valence-corrected chi connectivity index (χ0v) is 22.3. The lowest BCUT2D eigenvalue weighted by Crippen LogP contribution is -2.33. The van der Waals surface area contributed by atoms with E-state index >= 15 is 0 Å². The molecule has 1 aliphatic rings. The molecule has 4 aromatic rings. The van der Waals surface area contributed by atoms with Crippen molar-refractivity contribution < 1.29 is 14.3 Å². The Kier molecular flexibility index (Phi) is 7.47. The number of aromatic nitrogens is 3. The van der Waals surface area contributed by atoms with E-state index in [4.69, 9.17) is 16.3 Å². The van der Waals surface area contributed by atoms with Crippen LogP contribution in [0.4, 0.5) is 5.69 Å². The highest BCUT2D eigenvalue weighted by Gasteiger charge is 2.26. The Morgan fingerprint density at radius 2 is 2.03 bits per heavy atom. The van der Waals surface area contributed by atoms with Crippen LogP contribution in [0.25, 0.3) is 22.0 Å². The Labute approximate surface area is 229 Å². The Balaban J connectivity index is 1.57. The average Bonchev–Trinajstić information content (AvgIpc) is 3.40. The molecule has 39 heavy (non-hydrogen) atoms. The number of halogens is 1. The summed E-state index contributed by atoms with van der Waals surface area (Å²) in [6.45, 7) is 1.45. The topological polar surface area (TPSA) is 106 Å². The number of pyridine rings is 1. The maximum absolute atomic E-state index is 13.7. The summed E-state index contributed by atoms with van der Waals surface area (Å²) in [6, 6.07) is 10.9. The number of methoxy groups -OCH3 is 1. The number of benzene rings is 2. The second kappa shape index (κ2) is 11.1. The van der Waals surface area contributed by atoms with Crippen molar-refractivity contribution in [1.29, 1.82) is 0 Å². The second-order valence-corrected chi connectivity index (χ2v) is 9.86. The minimum absolute atomic E-state index is 0.170. The molecule has 0 saturated heterocycles. The second-order valence-electron chi connectivity index (χ2n) is 9.42. The van der Waals surface area contributed by atoms with Gasteiger partial charge in [0.25, 0.3) is 5.56 Å². The largest absolute Gasteiger partial charge is 0.495 e. The Bertz CT molecular complexity index is 1700. The number of nitrogens with one attached hydrogen (secondary N) is 2. The lowest BCUT2D eigenvalue weighted by Gasteiger charge is -2.23. The first-order valence-corrected chi connectivity index (χ1v) is 12.9. The van der Waals surface area contributed by atoms with E-state index in [1.807, 2.05) is 18.2 Å². The maximum Gasteiger partial charge on any atom is 0.252 e. The van der Waals surface area contributed by atoms with Gasteiger partial charge < -0.3 is 10.1 Å². The number of ether oxygens (including phenoxy) is 1. The van der Waals surface area contributed by atoms with Crippen molar-refractivity contribution in [2.45, 2.75) is 32.2 Å². The lowest BCUT2D eigenvalue weighted by molar-refractivity contribution is -0.119. The number of fused-ring (bicyclic) bond motifs is 1. The van der Waals surface area contributed by atoms with Gasteiger partial charge in [-0.2, -0.15) is 5.10 Å². The number of nitrogens with zero attached hydrogens (tertiary/aromatic N) is 2. The fourth-order valence-electron chi connectivity index (χ4n) is 4.82. The minimum atomic E-state index is -0.845. The van der Waals surface area contributed by atoms with E-state index in [1.165, 1.54) is 30.9 Å². The Morgan fingerprint density at radius 3 is 2.77 bits per heavy atom. The van der Waals surface area contributed by atoms with E-state index in [1.54, 1.807) is 36.5 Å². The average molecular weight is 543 g/mol. The Hall–Kier alpha value is -4.43. The van der Waals surface area contributed by atoms with Crippen LogP contribution in [-0.4, -0.2) is 33.6 Å². The van der Waals surface area contributed by atoms with Gasteiger partial charge >= 0.3 is 0 Å². The molecule has 198 valence electrons. The highest BCUT2D eigenvalue weighted by atomic mass is 35.5. The minimum Gasteiger partial charge on any atom is -0.495 e. The first kappa shape index (κ1) is 26.2. The fourth-order valence-corrected chi connectivity index (χ4v) is 4.99. The molecule has 0 aliphatic heterocycles. The number of allylic oxidation sites excluding steroid dienone is 4. The van der Waals surface area contributed by atoms with E-state index in [0.717, 1.165) is 29.3 Å². The molecule has 0 bridgehead atoms. The van der Waals surface area contributed by atoms with Crippen molar-refractivity contribution in [3.63, 3.8) is 0 Å². The predicted octanol–water partition coefficient (Wildman–Crippen LogP) is 6.10. The summed E-state index contributed by atoms with van der Waals surface area (Å²) in [5.41, 5.74) is 3.36. The number of carbonyl (C=O) groups excluding carboxylic acids is 2. The molecule has 8 nitrogen and oxygen atoms in total. The molecule has 9 heteroatoms. The monoisotopic (exact) mass is 542 g/mol. The summed E-state index contributed by atoms with van der Waals surface area (Å²) < 4.78 is 7.06. The van der Waals surface area contributed by atoms with Crippen LogP contribution < -0.4 is 15.6 Å². The van der Waals surface area contributed by atoms with Crippen molar-refractivity contribution in [2.24, 2.45) is 0 Å². The van der Waals surface area contributed by atoms with Gasteiger partial charge in [0.05, 0.1) is 25.0 Å².